The van der Waals surface area contributed by atoms with E-state index in [1.54, 1.807) is 0 Å². The Kier molecular flexibility index (Phi) is 11.0. The molecule has 0 spiro atoms. The van der Waals surface area contributed by atoms with Crippen molar-refractivity contribution >= 4 is 143 Å². The van der Waals surface area contributed by atoms with Gasteiger partial charge in [-0.3, -0.25) is 0 Å². The zero-order valence-corrected chi connectivity index (χ0v) is 48.2. The van der Waals surface area contributed by atoms with Gasteiger partial charge in [-0.15, -0.1) is 0 Å². The van der Waals surface area contributed by atoms with Gasteiger partial charge < -0.3 is 27.5 Å². The van der Waals surface area contributed by atoms with E-state index in [1.807, 2.05) is 12.1 Å². The number of furan rings is 4. The Bertz CT molecular complexity index is 4750. The van der Waals surface area contributed by atoms with Gasteiger partial charge in [-0.1, -0.05) is 166 Å². The quantitative estimate of drug-likeness (QED) is 0.151. The second-order valence-electron chi connectivity index (χ2n) is 25.3. The minimum absolute atomic E-state index is 0.191. The maximum atomic E-state index is 6.87. The third kappa shape index (κ3) is 7.90. The van der Waals surface area contributed by atoms with Gasteiger partial charge in [0.05, 0.1) is 11.4 Å². The SMILES string of the molecule is CC(C)c1ccc(N(c2ccc3cc4c(cc3c2)oc2cc3oc5cc6cc(N(c7ccc(C(C)C)cc7)c7c(C(C)(C)C)ccc8c7oc7ccccc78)ccc6cc5c3cc24)c2c(C(C)(C)C)ccc3c2oc2ccccc23)cc1. The molecule has 0 aliphatic rings. The van der Waals surface area contributed by atoms with Gasteiger partial charge in [-0.05, 0) is 157 Å². The maximum Gasteiger partial charge on any atom is 0.159 e. The largest absolute Gasteiger partial charge is 0.456 e. The van der Waals surface area contributed by atoms with E-state index >= 15 is 0 Å². The third-order valence-corrected chi connectivity index (χ3v) is 17.2. The van der Waals surface area contributed by atoms with Crippen molar-refractivity contribution in [2.45, 2.75) is 91.9 Å². The van der Waals surface area contributed by atoms with E-state index in [9.17, 15) is 0 Å². The summed E-state index contributed by atoms with van der Waals surface area (Å²) in [5.74, 6) is 0.816. The molecule has 0 bridgehead atoms. The lowest BCUT2D eigenvalue weighted by molar-refractivity contribution is 0.588. The molecule has 0 saturated carbocycles. The van der Waals surface area contributed by atoms with E-state index in [1.165, 1.54) is 22.3 Å². The predicted molar refractivity (Wildman–Crippen MR) is 346 cm³/mol. The van der Waals surface area contributed by atoms with Crippen LogP contribution in [0.2, 0.25) is 0 Å². The molecule has 6 heteroatoms. The molecule has 0 radical (unpaired) electrons. The van der Waals surface area contributed by atoms with Crippen molar-refractivity contribution in [2.75, 3.05) is 9.80 Å². The summed E-state index contributed by atoms with van der Waals surface area (Å²) in [6.45, 7) is 22.7. The molecule has 11 aromatic carbocycles. The van der Waals surface area contributed by atoms with Crippen LogP contribution in [0, 0.1) is 0 Å². The Hall–Kier alpha value is -9.26. The smallest absolute Gasteiger partial charge is 0.159 e. The standard InChI is InChI=1S/C76H64N2O4/c1-43(2)45-19-25-51(26-20-45)77(71-63(75(5,6)7)33-31-57-55-15-11-13-17-65(55)81-73(57)71)53-29-23-47-37-59-61-41-62-60-38-48-24-30-54(36-50(48)40-68(60)80-70(62)42-69(61)79-67(59)39-49(47)35-53)78(52-27-21-46(22-28-52)44(3)4)72-64(76(8,9)10)34-32-58-56-16-12-14-18-66(56)82-74(58)72/h11-44H,1-10H3. The van der Waals surface area contributed by atoms with Crippen molar-refractivity contribution in [3.63, 3.8) is 0 Å². The van der Waals surface area contributed by atoms with E-state index < -0.39 is 0 Å². The van der Waals surface area contributed by atoms with Crippen LogP contribution in [0.15, 0.2) is 212 Å². The van der Waals surface area contributed by atoms with Crippen LogP contribution in [0.4, 0.5) is 34.1 Å². The molecule has 82 heavy (non-hydrogen) atoms. The topological polar surface area (TPSA) is 59.0 Å². The Balaban J connectivity index is 0.856. The van der Waals surface area contributed by atoms with E-state index in [0.717, 1.165) is 143 Å². The van der Waals surface area contributed by atoms with Gasteiger partial charge >= 0.3 is 0 Å². The van der Waals surface area contributed by atoms with E-state index in [-0.39, 0.29) is 10.8 Å². The van der Waals surface area contributed by atoms with Crippen molar-refractivity contribution in [3.8, 4) is 0 Å². The molecule has 4 aromatic heterocycles. The summed E-state index contributed by atoms with van der Waals surface area (Å²) in [6.07, 6.45) is 0. The highest BCUT2D eigenvalue weighted by Crippen LogP contribution is 2.51. The first-order valence-electron chi connectivity index (χ1n) is 28.9. The minimum atomic E-state index is -0.191. The van der Waals surface area contributed by atoms with Gasteiger partial charge in [0.25, 0.3) is 0 Å². The van der Waals surface area contributed by atoms with Crippen LogP contribution in [-0.4, -0.2) is 0 Å². The minimum Gasteiger partial charge on any atom is -0.456 e. The van der Waals surface area contributed by atoms with Crippen molar-refractivity contribution in [1.29, 1.82) is 0 Å². The van der Waals surface area contributed by atoms with Crippen molar-refractivity contribution in [3.05, 3.63) is 216 Å². The first-order valence-corrected chi connectivity index (χ1v) is 28.9. The highest BCUT2D eigenvalue weighted by molar-refractivity contribution is 6.19. The summed E-state index contributed by atoms with van der Waals surface area (Å²) in [5, 5.41) is 13.1. The summed E-state index contributed by atoms with van der Waals surface area (Å²) in [5.41, 5.74) is 17.7. The zero-order valence-electron chi connectivity index (χ0n) is 48.2. The molecular formula is C76H64N2O4. The van der Waals surface area contributed by atoms with Crippen molar-refractivity contribution < 1.29 is 17.7 Å². The molecule has 0 saturated heterocycles. The fourth-order valence-corrected chi connectivity index (χ4v) is 12.8. The number of nitrogens with zero attached hydrogens (tertiary/aromatic N) is 2. The zero-order chi connectivity index (χ0) is 56.1. The lowest BCUT2D eigenvalue weighted by Gasteiger charge is -2.32. The Morgan fingerprint density at radius 3 is 1.07 bits per heavy atom. The second kappa shape index (κ2) is 18.1. The number of hydrogen-bond acceptors (Lipinski definition) is 6. The molecule has 0 fully saturated rings. The van der Waals surface area contributed by atoms with Gasteiger partial charge in [-0.25, -0.2) is 0 Å². The first-order chi connectivity index (χ1) is 39.5. The van der Waals surface area contributed by atoms with E-state index in [2.05, 4.69) is 261 Å². The van der Waals surface area contributed by atoms with Crippen LogP contribution >= 0.6 is 0 Å². The van der Waals surface area contributed by atoms with Gasteiger partial charge in [0.15, 0.2) is 11.2 Å². The lowest BCUT2D eigenvalue weighted by atomic mass is 9.84. The number of anilines is 6. The molecule has 4 heterocycles. The highest BCUT2D eigenvalue weighted by Gasteiger charge is 2.31. The molecule has 0 atom stereocenters. The Morgan fingerprint density at radius 2 is 0.671 bits per heavy atom. The Morgan fingerprint density at radius 1 is 0.293 bits per heavy atom. The number of fused-ring (bicyclic) bond motifs is 14. The molecular weight excluding hydrogens is 1000 g/mol. The fourth-order valence-electron chi connectivity index (χ4n) is 12.8. The van der Waals surface area contributed by atoms with Crippen LogP contribution in [0.25, 0.3) is 109 Å². The normalized spacial score (nSPS) is 12.7. The molecule has 0 amide bonds. The summed E-state index contributed by atoms with van der Waals surface area (Å²) in [7, 11) is 0. The van der Waals surface area contributed by atoms with E-state index in [0.29, 0.717) is 11.8 Å². The summed E-state index contributed by atoms with van der Waals surface area (Å²) >= 11 is 0. The molecule has 0 N–H and O–H groups in total. The monoisotopic (exact) mass is 1070 g/mol. The molecule has 15 aromatic rings. The number of benzene rings is 11. The van der Waals surface area contributed by atoms with Crippen LogP contribution < -0.4 is 9.80 Å². The van der Waals surface area contributed by atoms with Crippen LogP contribution in [0.5, 0.6) is 0 Å². The molecule has 0 aliphatic carbocycles. The predicted octanol–water partition coefficient (Wildman–Crippen LogP) is 23.4. The van der Waals surface area contributed by atoms with Crippen LogP contribution in [0.1, 0.15) is 103 Å². The fraction of sp³-hybridized carbons (Fsp3) is 0.184. The van der Waals surface area contributed by atoms with Gasteiger partial charge in [0, 0.05) is 71.9 Å². The molecule has 0 aliphatic heterocycles. The highest BCUT2D eigenvalue weighted by atomic mass is 16.3. The third-order valence-electron chi connectivity index (χ3n) is 17.2. The van der Waals surface area contributed by atoms with Crippen molar-refractivity contribution in [1.82, 2.24) is 0 Å². The Labute approximate surface area is 476 Å². The molecule has 15 rings (SSSR count). The second-order valence-corrected chi connectivity index (χ2v) is 25.3. The summed E-state index contributed by atoms with van der Waals surface area (Å²) < 4.78 is 27.4. The van der Waals surface area contributed by atoms with Crippen molar-refractivity contribution in [2.24, 2.45) is 0 Å². The number of para-hydroxylation sites is 2. The van der Waals surface area contributed by atoms with Crippen LogP contribution in [-0.2, 0) is 10.8 Å². The number of rotatable bonds is 8. The summed E-state index contributed by atoms with van der Waals surface area (Å²) in [4.78, 5) is 4.79. The number of hydrogen-bond donors (Lipinski definition) is 0. The van der Waals surface area contributed by atoms with Crippen LogP contribution in [0.3, 0.4) is 0 Å². The van der Waals surface area contributed by atoms with Gasteiger partial charge in [0.2, 0.25) is 0 Å². The average Bonchev–Trinajstić information content (AvgIpc) is 2.17. The molecule has 0 unspecified atom stereocenters. The molecule has 6 nitrogen and oxygen atoms in total. The summed E-state index contributed by atoms with van der Waals surface area (Å²) in [6, 6.07) is 70.7. The molecule has 402 valence electrons. The average molecular weight is 1070 g/mol. The first kappa shape index (κ1) is 49.8. The lowest BCUT2D eigenvalue weighted by Crippen LogP contribution is -2.19. The van der Waals surface area contributed by atoms with E-state index in [4.69, 9.17) is 17.7 Å². The van der Waals surface area contributed by atoms with Gasteiger partial charge in [-0.2, -0.15) is 0 Å². The van der Waals surface area contributed by atoms with Gasteiger partial charge in [0.1, 0.15) is 33.5 Å². The maximum absolute atomic E-state index is 6.87.